The van der Waals surface area contributed by atoms with E-state index in [9.17, 15) is 19.5 Å². The lowest BCUT2D eigenvalue weighted by Gasteiger charge is -2.34. The summed E-state index contributed by atoms with van der Waals surface area (Å²) in [6.45, 7) is 9.73. The number of piperazine rings is 1. The van der Waals surface area contributed by atoms with Crippen molar-refractivity contribution in [1.29, 1.82) is 0 Å². The van der Waals surface area contributed by atoms with Crippen molar-refractivity contribution in [3.63, 3.8) is 0 Å². The molecule has 45 heavy (non-hydrogen) atoms. The molecular weight excluding hydrogens is 602 g/mol. The zero-order valence-corrected chi connectivity index (χ0v) is 27.7. The average Bonchev–Trinajstić information content (AvgIpc) is 3.58. The molecule has 3 fully saturated rings. The van der Waals surface area contributed by atoms with Crippen LogP contribution in [0.5, 0.6) is 0 Å². The van der Waals surface area contributed by atoms with E-state index >= 15 is 0 Å². The topological polar surface area (TPSA) is 151 Å². The van der Waals surface area contributed by atoms with Crippen molar-refractivity contribution in [2.75, 3.05) is 97.9 Å². The molecule has 3 rings (SSSR count). The number of ether oxygens (including phenoxy) is 4. The highest BCUT2D eigenvalue weighted by molar-refractivity contribution is 8.00. The predicted octanol–water partition coefficient (Wildman–Crippen LogP) is 0.120. The number of ketones is 1. The maximum absolute atomic E-state index is 12.4. The fourth-order valence-electron chi connectivity index (χ4n) is 5.52. The first-order valence-electron chi connectivity index (χ1n) is 16.5. The number of unbranched alkanes of at least 4 members (excludes halogenated alkanes) is 1. The molecule has 13 nitrogen and oxygen atoms in total. The van der Waals surface area contributed by atoms with Crippen molar-refractivity contribution < 1.29 is 38.4 Å². The van der Waals surface area contributed by atoms with Gasteiger partial charge in [0.15, 0.2) is 12.1 Å². The fraction of sp³-hybridized carbons (Fsp3) is 0.839. The molecule has 2 unspecified atom stereocenters. The molecule has 0 saturated carbocycles. The second kappa shape index (κ2) is 22.8. The molecule has 3 aliphatic heterocycles. The Morgan fingerprint density at radius 2 is 1.56 bits per heavy atom. The summed E-state index contributed by atoms with van der Waals surface area (Å²) >= 11 is 1.94. The lowest BCUT2D eigenvalue weighted by Crippen LogP contribution is -2.48. The number of nitrogens with zero attached hydrogens (tertiary/aromatic N) is 2. The van der Waals surface area contributed by atoms with Crippen molar-refractivity contribution in [2.24, 2.45) is 0 Å². The Kier molecular flexibility index (Phi) is 19.2. The van der Waals surface area contributed by atoms with Crippen molar-refractivity contribution in [1.82, 2.24) is 25.8 Å². The Balaban J connectivity index is 0.995. The smallest absolute Gasteiger partial charge is 0.224 e. The first-order chi connectivity index (χ1) is 21.9. The number of nitrogens with one attached hydrogen (secondary N) is 3. The van der Waals surface area contributed by atoms with Gasteiger partial charge in [0, 0.05) is 82.0 Å². The van der Waals surface area contributed by atoms with Gasteiger partial charge in [0.1, 0.15) is 0 Å². The highest BCUT2D eigenvalue weighted by atomic mass is 32.2. The summed E-state index contributed by atoms with van der Waals surface area (Å²) in [6.07, 6.45) is 7.48. The quantitative estimate of drug-likeness (QED) is 0.0825. The molecule has 14 heteroatoms. The van der Waals surface area contributed by atoms with Crippen LogP contribution in [0.15, 0.2) is 12.2 Å². The molecule has 3 aliphatic rings. The summed E-state index contributed by atoms with van der Waals surface area (Å²) in [5.74, 6) is 1.25. The highest BCUT2D eigenvalue weighted by Gasteiger charge is 2.42. The van der Waals surface area contributed by atoms with Gasteiger partial charge in [-0.3, -0.25) is 29.9 Å². The minimum absolute atomic E-state index is 0.0503. The van der Waals surface area contributed by atoms with Crippen LogP contribution in [0, 0.1) is 0 Å². The minimum atomic E-state index is -0.591. The molecule has 0 aromatic rings. The number of fused-ring (bicyclic) bond motifs is 1. The number of allylic oxidation sites excluding steroid dienone is 1. The van der Waals surface area contributed by atoms with E-state index in [1.165, 1.54) is 6.92 Å². The molecule has 4 atom stereocenters. The van der Waals surface area contributed by atoms with Gasteiger partial charge in [-0.1, -0.05) is 12.5 Å². The van der Waals surface area contributed by atoms with Crippen molar-refractivity contribution in [2.45, 2.75) is 69.1 Å². The standard InChI is InChI=1S/C31H55N5O8S/c1-25(37)6-4-11-35-12-14-36(15-13-35)29(39)9-18-43-21-23-44-22-20-42-17-5-16-41-19-10-32-28(38)8-3-2-7-27-30-26(24-45-27)33-31(40)34-30/h4,6,26-27,30-31,33-34,40H,2-3,5,7-24H2,1H3,(H,32,38)/b6-4+/t26?,27-,30+,31?/m0/s1. The van der Waals surface area contributed by atoms with E-state index in [1.54, 1.807) is 6.08 Å². The Hall–Kier alpha value is -1.62. The van der Waals surface area contributed by atoms with Gasteiger partial charge in [-0.2, -0.15) is 11.8 Å². The van der Waals surface area contributed by atoms with E-state index in [-0.39, 0.29) is 17.6 Å². The molecule has 258 valence electrons. The number of hydrogen-bond donors (Lipinski definition) is 4. The number of carbonyl (C=O) groups excluding carboxylic acids is 3. The lowest BCUT2D eigenvalue weighted by atomic mass is 10.0. The Bertz CT molecular complexity index is 892. The zero-order valence-electron chi connectivity index (χ0n) is 26.9. The maximum Gasteiger partial charge on any atom is 0.224 e. The van der Waals surface area contributed by atoms with Gasteiger partial charge in [0.05, 0.1) is 46.1 Å². The number of carbonyl (C=O) groups is 3. The summed E-state index contributed by atoms with van der Waals surface area (Å²) in [4.78, 5) is 39.5. The molecular formula is C31H55N5O8S. The molecule has 0 aliphatic carbocycles. The van der Waals surface area contributed by atoms with Crippen molar-refractivity contribution >= 4 is 29.4 Å². The van der Waals surface area contributed by atoms with E-state index in [0.29, 0.717) is 103 Å². The van der Waals surface area contributed by atoms with Crippen LogP contribution in [-0.2, 0) is 33.3 Å². The van der Waals surface area contributed by atoms with Crippen LogP contribution in [0.3, 0.4) is 0 Å². The normalized spacial score (nSPS) is 23.6. The summed E-state index contributed by atoms with van der Waals surface area (Å²) in [5, 5.41) is 19.4. The zero-order chi connectivity index (χ0) is 32.1. The third-order valence-corrected chi connectivity index (χ3v) is 9.49. The van der Waals surface area contributed by atoms with Gasteiger partial charge < -0.3 is 34.3 Å². The van der Waals surface area contributed by atoms with E-state index in [1.807, 2.05) is 22.7 Å². The summed E-state index contributed by atoms with van der Waals surface area (Å²) in [5.41, 5.74) is 0. The second-order valence-electron chi connectivity index (χ2n) is 11.6. The summed E-state index contributed by atoms with van der Waals surface area (Å²) < 4.78 is 22.2. The van der Waals surface area contributed by atoms with E-state index in [0.717, 1.165) is 51.1 Å². The van der Waals surface area contributed by atoms with Crippen molar-refractivity contribution in [3.8, 4) is 0 Å². The van der Waals surface area contributed by atoms with Gasteiger partial charge in [0.25, 0.3) is 0 Å². The number of rotatable bonds is 24. The van der Waals surface area contributed by atoms with Crippen LogP contribution in [0.2, 0.25) is 0 Å². The minimum Gasteiger partial charge on any atom is -0.380 e. The van der Waals surface area contributed by atoms with Crippen molar-refractivity contribution in [3.05, 3.63) is 12.2 Å². The fourth-order valence-corrected chi connectivity index (χ4v) is 7.09. The Morgan fingerprint density at radius 3 is 2.29 bits per heavy atom. The van der Waals surface area contributed by atoms with Crippen LogP contribution in [-0.4, -0.2) is 154 Å². The summed E-state index contributed by atoms with van der Waals surface area (Å²) in [7, 11) is 0. The number of thioether (sulfide) groups is 1. The number of aliphatic hydroxyl groups is 1. The number of hydrogen-bond acceptors (Lipinski definition) is 12. The van der Waals surface area contributed by atoms with Crippen LogP contribution >= 0.6 is 11.8 Å². The summed E-state index contributed by atoms with van der Waals surface area (Å²) in [6, 6.07) is 0.671. The molecule has 0 bridgehead atoms. The largest absolute Gasteiger partial charge is 0.380 e. The van der Waals surface area contributed by atoms with E-state index in [4.69, 9.17) is 18.9 Å². The van der Waals surface area contributed by atoms with Crippen LogP contribution in [0.1, 0.15) is 45.4 Å². The SMILES string of the molecule is CC(=O)/C=C/CN1CCN(C(=O)CCOCCOCCOCCCOCCNC(=O)CCCC[C@@H]2SCC3NC(O)N[C@H]32)CC1. The lowest BCUT2D eigenvalue weighted by molar-refractivity contribution is -0.134. The molecule has 3 heterocycles. The molecule has 0 aromatic carbocycles. The molecule has 0 aromatic heterocycles. The van der Waals surface area contributed by atoms with Crippen LogP contribution < -0.4 is 16.0 Å². The van der Waals surface area contributed by atoms with Gasteiger partial charge >= 0.3 is 0 Å². The van der Waals surface area contributed by atoms with Crippen LogP contribution in [0.25, 0.3) is 0 Å². The number of amides is 2. The Morgan fingerprint density at radius 1 is 0.867 bits per heavy atom. The first-order valence-corrected chi connectivity index (χ1v) is 17.5. The monoisotopic (exact) mass is 657 g/mol. The van der Waals surface area contributed by atoms with Gasteiger partial charge in [0.2, 0.25) is 11.8 Å². The predicted molar refractivity (Wildman–Crippen MR) is 173 cm³/mol. The molecule has 0 radical (unpaired) electrons. The van der Waals surface area contributed by atoms with Gasteiger partial charge in [-0.25, -0.2) is 0 Å². The first kappa shape index (κ1) is 37.8. The van der Waals surface area contributed by atoms with Crippen LogP contribution in [0.4, 0.5) is 0 Å². The molecule has 0 spiro atoms. The molecule has 2 amide bonds. The van der Waals surface area contributed by atoms with Gasteiger partial charge in [-0.05, 0) is 32.3 Å². The van der Waals surface area contributed by atoms with Gasteiger partial charge in [-0.15, -0.1) is 0 Å². The second-order valence-corrected chi connectivity index (χ2v) is 12.9. The third kappa shape index (κ3) is 16.2. The maximum atomic E-state index is 12.4. The third-order valence-electron chi connectivity index (χ3n) is 7.98. The molecule has 3 saturated heterocycles. The number of aliphatic hydroxyl groups excluding tert-OH is 1. The van der Waals surface area contributed by atoms with E-state index < -0.39 is 6.35 Å². The average molecular weight is 658 g/mol. The molecule has 4 N–H and O–H groups in total. The van der Waals surface area contributed by atoms with E-state index in [2.05, 4.69) is 20.9 Å². The highest BCUT2D eigenvalue weighted by Crippen LogP contribution is 2.33. The Labute approximate surface area is 272 Å².